The molecule has 0 aromatic carbocycles. The lowest BCUT2D eigenvalue weighted by atomic mass is 10.3. The van der Waals surface area contributed by atoms with Crippen LogP contribution in [0, 0.1) is 5.41 Å². The third-order valence-electron chi connectivity index (χ3n) is 2.20. The van der Waals surface area contributed by atoms with Crippen LogP contribution in [0.15, 0.2) is 6.20 Å². The van der Waals surface area contributed by atoms with Crippen LogP contribution in [0.4, 0.5) is 0 Å². The summed E-state index contributed by atoms with van der Waals surface area (Å²) in [5.74, 6) is 1.61. The van der Waals surface area contributed by atoms with Crippen LogP contribution < -0.4 is 10.5 Å². The molecule has 0 saturated heterocycles. The average Bonchev–Trinajstić information content (AvgIpc) is 3.00. The summed E-state index contributed by atoms with van der Waals surface area (Å²) in [6.45, 7) is 0. The first-order chi connectivity index (χ1) is 6.72. The molecule has 5 nitrogen and oxygen atoms in total. The Bertz CT molecular complexity index is 373. The Morgan fingerprint density at radius 2 is 2.36 bits per heavy atom. The zero-order chi connectivity index (χ0) is 10.1. The highest BCUT2D eigenvalue weighted by molar-refractivity contribution is 5.96. The maximum atomic E-state index is 7.29. The molecule has 0 amide bonds. The fourth-order valence-corrected chi connectivity index (χ4v) is 1.26. The number of methoxy groups -OCH3 is 1. The molecular formula is C9H12N4O. The molecule has 1 aromatic rings. The molecule has 1 aromatic heterocycles. The zero-order valence-electron chi connectivity index (χ0n) is 7.95. The van der Waals surface area contributed by atoms with E-state index in [2.05, 4.69) is 9.97 Å². The third-order valence-corrected chi connectivity index (χ3v) is 2.20. The number of rotatable bonds is 3. The Labute approximate surface area is 81.8 Å². The molecule has 3 N–H and O–H groups in total. The molecule has 1 aliphatic carbocycles. The molecule has 0 spiro atoms. The largest absolute Gasteiger partial charge is 0.480 e. The lowest BCUT2D eigenvalue weighted by molar-refractivity contribution is 0.393. The van der Waals surface area contributed by atoms with Gasteiger partial charge < -0.3 is 10.5 Å². The number of nitrogens with one attached hydrogen (secondary N) is 1. The number of amidine groups is 1. The highest BCUT2D eigenvalue weighted by Gasteiger charge is 2.27. The summed E-state index contributed by atoms with van der Waals surface area (Å²) in [7, 11) is 1.52. The van der Waals surface area contributed by atoms with E-state index in [0.29, 0.717) is 17.4 Å². The van der Waals surface area contributed by atoms with Gasteiger partial charge in [-0.15, -0.1) is 0 Å². The first kappa shape index (κ1) is 8.93. The molecule has 0 aliphatic heterocycles. The second kappa shape index (κ2) is 3.25. The quantitative estimate of drug-likeness (QED) is 0.543. The van der Waals surface area contributed by atoms with E-state index in [4.69, 9.17) is 15.9 Å². The number of nitrogens with two attached hydrogens (primary N) is 1. The molecule has 1 fully saturated rings. The summed E-state index contributed by atoms with van der Waals surface area (Å²) in [6, 6.07) is 0. The van der Waals surface area contributed by atoms with Crippen LogP contribution >= 0.6 is 0 Å². The maximum absolute atomic E-state index is 7.29. The van der Waals surface area contributed by atoms with Gasteiger partial charge in [-0.2, -0.15) is 4.98 Å². The van der Waals surface area contributed by atoms with E-state index < -0.39 is 0 Å². The van der Waals surface area contributed by atoms with Crippen LogP contribution in [0.25, 0.3) is 0 Å². The van der Waals surface area contributed by atoms with Crippen molar-refractivity contribution in [3.05, 3.63) is 17.6 Å². The number of nitrogens with zero attached hydrogens (tertiary/aromatic N) is 2. The molecule has 0 bridgehead atoms. The van der Waals surface area contributed by atoms with E-state index in [1.54, 1.807) is 6.20 Å². The number of hydrogen-bond acceptors (Lipinski definition) is 4. The van der Waals surface area contributed by atoms with E-state index in [1.807, 2.05) is 0 Å². The second-order valence-corrected chi connectivity index (χ2v) is 3.34. The minimum absolute atomic E-state index is 0.0656. The smallest absolute Gasteiger partial charge is 0.227 e. The van der Waals surface area contributed by atoms with Crippen molar-refractivity contribution < 1.29 is 4.74 Å². The monoisotopic (exact) mass is 192 g/mol. The van der Waals surface area contributed by atoms with Gasteiger partial charge in [0.15, 0.2) is 0 Å². The number of nitrogen functional groups attached to an aromatic ring is 1. The van der Waals surface area contributed by atoms with Crippen LogP contribution in [0.1, 0.15) is 30.1 Å². The summed E-state index contributed by atoms with van der Waals surface area (Å²) in [5.41, 5.74) is 5.81. The van der Waals surface area contributed by atoms with Gasteiger partial charge in [0.2, 0.25) is 5.88 Å². The molecule has 5 heteroatoms. The summed E-state index contributed by atoms with van der Waals surface area (Å²) >= 11 is 0. The summed E-state index contributed by atoms with van der Waals surface area (Å²) < 4.78 is 5.05. The van der Waals surface area contributed by atoms with Crippen molar-refractivity contribution in [2.24, 2.45) is 5.73 Å². The Morgan fingerprint density at radius 3 is 2.86 bits per heavy atom. The maximum Gasteiger partial charge on any atom is 0.227 e. The molecule has 0 radical (unpaired) electrons. The van der Waals surface area contributed by atoms with Crippen molar-refractivity contribution in [1.82, 2.24) is 9.97 Å². The van der Waals surface area contributed by atoms with Crippen molar-refractivity contribution in [3.63, 3.8) is 0 Å². The predicted octanol–water partition coefficient (Wildman–Crippen LogP) is 0.647. The van der Waals surface area contributed by atoms with Crippen molar-refractivity contribution in [2.45, 2.75) is 18.8 Å². The van der Waals surface area contributed by atoms with Gasteiger partial charge in [0.05, 0.1) is 12.7 Å². The van der Waals surface area contributed by atoms with Crippen LogP contribution in [0.2, 0.25) is 0 Å². The Hall–Kier alpha value is -1.65. The van der Waals surface area contributed by atoms with Crippen molar-refractivity contribution in [1.29, 1.82) is 5.41 Å². The highest BCUT2D eigenvalue weighted by atomic mass is 16.5. The predicted molar refractivity (Wildman–Crippen MR) is 51.6 cm³/mol. The zero-order valence-corrected chi connectivity index (χ0v) is 7.95. The molecule has 1 aliphatic rings. The van der Waals surface area contributed by atoms with Crippen molar-refractivity contribution in [3.8, 4) is 5.88 Å². The van der Waals surface area contributed by atoms with Gasteiger partial charge in [0.25, 0.3) is 0 Å². The SMILES string of the molecule is COc1nc(C2CC2)ncc1C(=N)N. The lowest BCUT2D eigenvalue weighted by Crippen LogP contribution is -2.14. The number of hydrogen-bond donors (Lipinski definition) is 2. The molecule has 0 atom stereocenters. The molecule has 0 unspecified atom stereocenters. The molecule has 1 saturated carbocycles. The third kappa shape index (κ3) is 1.53. The van der Waals surface area contributed by atoms with Gasteiger partial charge in [-0.1, -0.05) is 0 Å². The Kier molecular flexibility index (Phi) is 2.07. The highest BCUT2D eigenvalue weighted by Crippen LogP contribution is 2.38. The minimum Gasteiger partial charge on any atom is -0.480 e. The van der Waals surface area contributed by atoms with Gasteiger partial charge in [0, 0.05) is 12.1 Å². The molecule has 74 valence electrons. The average molecular weight is 192 g/mol. The fourth-order valence-electron chi connectivity index (χ4n) is 1.26. The van der Waals surface area contributed by atoms with Gasteiger partial charge in [0.1, 0.15) is 11.7 Å². The lowest BCUT2D eigenvalue weighted by Gasteiger charge is -2.06. The Morgan fingerprint density at radius 1 is 1.64 bits per heavy atom. The van der Waals surface area contributed by atoms with E-state index in [9.17, 15) is 0 Å². The van der Waals surface area contributed by atoms with Crippen LogP contribution in [0.5, 0.6) is 5.88 Å². The van der Waals surface area contributed by atoms with E-state index >= 15 is 0 Å². The molecule has 1 heterocycles. The molecular weight excluding hydrogens is 180 g/mol. The van der Waals surface area contributed by atoms with Crippen molar-refractivity contribution in [2.75, 3.05) is 7.11 Å². The minimum atomic E-state index is -0.0656. The number of ether oxygens (including phenoxy) is 1. The van der Waals surface area contributed by atoms with Crippen LogP contribution in [-0.4, -0.2) is 22.9 Å². The van der Waals surface area contributed by atoms with E-state index in [-0.39, 0.29) is 5.84 Å². The number of aromatic nitrogens is 2. The first-order valence-electron chi connectivity index (χ1n) is 4.47. The van der Waals surface area contributed by atoms with Gasteiger partial charge in [-0.3, -0.25) is 5.41 Å². The van der Waals surface area contributed by atoms with E-state index in [0.717, 1.165) is 18.7 Å². The standard InChI is InChI=1S/C9H12N4O/c1-14-9-6(7(10)11)4-12-8(13-9)5-2-3-5/h4-5H,2-3H2,1H3,(H3,10,11). The second-order valence-electron chi connectivity index (χ2n) is 3.34. The van der Waals surface area contributed by atoms with Crippen LogP contribution in [0.3, 0.4) is 0 Å². The van der Waals surface area contributed by atoms with Gasteiger partial charge >= 0.3 is 0 Å². The fraction of sp³-hybridized carbons (Fsp3) is 0.444. The van der Waals surface area contributed by atoms with Crippen LogP contribution in [-0.2, 0) is 0 Å². The topological polar surface area (TPSA) is 84.9 Å². The van der Waals surface area contributed by atoms with E-state index in [1.165, 1.54) is 7.11 Å². The Balaban J connectivity index is 2.38. The van der Waals surface area contributed by atoms with Gasteiger partial charge in [-0.05, 0) is 12.8 Å². The summed E-state index contributed by atoms with van der Waals surface area (Å²) in [6.07, 6.45) is 3.84. The molecule has 2 rings (SSSR count). The van der Waals surface area contributed by atoms with Crippen molar-refractivity contribution >= 4 is 5.84 Å². The molecule has 14 heavy (non-hydrogen) atoms. The summed E-state index contributed by atoms with van der Waals surface area (Å²) in [5, 5.41) is 7.29. The van der Waals surface area contributed by atoms with Gasteiger partial charge in [-0.25, -0.2) is 4.98 Å². The summed E-state index contributed by atoms with van der Waals surface area (Å²) in [4.78, 5) is 8.38. The first-order valence-corrected chi connectivity index (χ1v) is 4.47. The normalized spacial score (nSPS) is 15.2.